The van der Waals surface area contributed by atoms with Gasteiger partial charge < -0.3 is 0 Å². The number of hydrogen-bond acceptors (Lipinski definition) is 4. The van der Waals surface area contributed by atoms with Gasteiger partial charge in [0.15, 0.2) is 0 Å². The van der Waals surface area contributed by atoms with Crippen molar-refractivity contribution in [2.45, 2.75) is 0 Å². The van der Waals surface area contributed by atoms with E-state index in [1.165, 1.54) is 0 Å². The van der Waals surface area contributed by atoms with Crippen LogP contribution in [0.25, 0.3) is 21.8 Å². The van der Waals surface area contributed by atoms with Crippen LogP contribution in [-0.2, 0) is 0 Å². The number of fused-ring (bicyclic) bond motifs is 2. The number of carbonyl (C=O) groups is 2. The van der Waals surface area contributed by atoms with Crippen LogP contribution in [0.2, 0.25) is 0 Å². The van der Waals surface area contributed by atoms with Gasteiger partial charge in [0, 0.05) is 10.8 Å². The molecule has 5 nitrogen and oxygen atoms in total. The molecule has 5 heteroatoms. The fraction of sp³-hybridized carbons (Fsp3) is 0. The second kappa shape index (κ2) is 6.13. The monoisotopic (exact) mass is 327 g/mol. The zero-order valence-electron chi connectivity index (χ0n) is 13.1. The van der Waals surface area contributed by atoms with E-state index in [9.17, 15) is 9.59 Å². The van der Waals surface area contributed by atoms with Crippen molar-refractivity contribution in [3.63, 3.8) is 0 Å². The Morgan fingerprint density at radius 1 is 0.600 bits per heavy atom. The molecule has 0 fully saturated rings. The van der Waals surface area contributed by atoms with Gasteiger partial charge in [-0.1, -0.05) is 48.5 Å². The van der Waals surface area contributed by atoms with Crippen molar-refractivity contribution in [1.82, 2.24) is 15.3 Å². The number of nitrogens with zero attached hydrogens (tertiary/aromatic N) is 2. The van der Waals surface area contributed by atoms with E-state index in [4.69, 9.17) is 0 Å². The molecule has 0 aliphatic rings. The molecule has 120 valence electrons. The van der Waals surface area contributed by atoms with Gasteiger partial charge >= 0.3 is 0 Å². The fourth-order valence-electron chi connectivity index (χ4n) is 2.62. The Bertz CT molecular complexity index is 1030. The Kier molecular flexibility index (Phi) is 3.67. The average Bonchev–Trinajstić information content (AvgIpc) is 2.67. The lowest BCUT2D eigenvalue weighted by molar-refractivity contribution is 0.0844. The number of rotatable bonds is 2. The third-order valence-corrected chi connectivity index (χ3v) is 3.89. The van der Waals surface area contributed by atoms with Gasteiger partial charge in [-0.05, 0) is 24.3 Å². The van der Waals surface area contributed by atoms with Crippen molar-refractivity contribution in [2.75, 3.05) is 0 Å². The first kappa shape index (κ1) is 15.0. The summed E-state index contributed by atoms with van der Waals surface area (Å²) in [5.74, 6) is -1.10. The molecule has 0 bridgehead atoms. The van der Waals surface area contributed by atoms with E-state index in [1.807, 2.05) is 48.5 Å². The molecule has 25 heavy (non-hydrogen) atoms. The van der Waals surface area contributed by atoms with Gasteiger partial charge in [0.25, 0.3) is 11.8 Å². The van der Waals surface area contributed by atoms with Crippen LogP contribution in [0.4, 0.5) is 0 Å². The number of pyridine rings is 2. The molecule has 0 unspecified atom stereocenters. The van der Waals surface area contributed by atoms with E-state index in [0.29, 0.717) is 11.0 Å². The third kappa shape index (κ3) is 2.95. The Hall–Kier alpha value is -3.60. The molecule has 0 radical (unpaired) electrons. The quantitative estimate of drug-likeness (QED) is 0.573. The first-order chi connectivity index (χ1) is 12.2. The summed E-state index contributed by atoms with van der Waals surface area (Å²) >= 11 is 0. The largest absolute Gasteiger partial charge is 0.285 e. The van der Waals surface area contributed by atoms with Gasteiger partial charge in [-0.25, -0.2) is 9.97 Å². The van der Waals surface area contributed by atoms with E-state index in [2.05, 4.69) is 15.3 Å². The highest BCUT2D eigenvalue weighted by Crippen LogP contribution is 2.13. The lowest BCUT2D eigenvalue weighted by atomic mass is 10.2. The zero-order valence-corrected chi connectivity index (χ0v) is 13.1. The molecule has 0 spiro atoms. The Balaban J connectivity index is 1.58. The maximum absolute atomic E-state index is 12.3. The van der Waals surface area contributed by atoms with E-state index >= 15 is 0 Å². The molecule has 2 aromatic carbocycles. The van der Waals surface area contributed by atoms with Crippen molar-refractivity contribution in [3.8, 4) is 0 Å². The van der Waals surface area contributed by atoms with E-state index < -0.39 is 11.8 Å². The molecule has 4 rings (SSSR count). The van der Waals surface area contributed by atoms with Crippen molar-refractivity contribution < 1.29 is 9.59 Å². The number of hydrogen-bond donors (Lipinski definition) is 1. The number of carbonyl (C=O) groups excluding carboxylic acids is 2. The second-order valence-electron chi connectivity index (χ2n) is 5.56. The smallest absolute Gasteiger partial charge is 0.276 e. The Labute approximate surface area is 143 Å². The standard InChI is InChI=1S/C20H13N3O2/c24-19(17-11-9-13-5-1-3-7-15(13)21-17)23-20(25)18-12-10-14-6-2-4-8-16(14)22-18/h1-12H,(H,23,24,25). The van der Waals surface area contributed by atoms with Crippen LogP contribution in [0.5, 0.6) is 0 Å². The van der Waals surface area contributed by atoms with Crippen LogP contribution in [0, 0.1) is 0 Å². The molecule has 0 atom stereocenters. The van der Waals surface area contributed by atoms with Crippen LogP contribution in [0.1, 0.15) is 21.0 Å². The van der Waals surface area contributed by atoms with Crippen molar-refractivity contribution in [3.05, 3.63) is 84.2 Å². The number of aromatic nitrogens is 2. The van der Waals surface area contributed by atoms with Gasteiger partial charge in [-0.15, -0.1) is 0 Å². The molecule has 2 amide bonds. The molecule has 0 saturated carbocycles. The van der Waals surface area contributed by atoms with Crippen LogP contribution in [0.3, 0.4) is 0 Å². The van der Waals surface area contributed by atoms with Crippen molar-refractivity contribution in [2.24, 2.45) is 0 Å². The van der Waals surface area contributed by atoms with Crippen LogP contribution in [-0.4, -0.2) is 21.8 Å². The maximum atomic E-state index is 12.3. The van der Waals surface area contributed by atoms with Crippen LogP contribution < -0.4 is 5.32 Å². The zero-order chi connectivity index (χ0) is 17.2. The molecule has 0 aliphatic carbocycles. The molecular formula is C20H13N3O2. The summed E-state index contributed by atoms with van der Waals surface area (Å²) in [4.78, 5) is 33.2. The van der Waals surface area contributed by atoms with E-state index in [1.54, 1.807) is 24.3 Å². The van der Waals surface area contributed by atoms with Gasteiger partial charge in [0.2, 0.25) is 0 Å². The predicted molar refractivity (Wildman–Crippen MR) is 95.3 cm³/mol. The Morgan fingerprint density at radius 3 is 1.52 bits per heavy atom. The minimum absolute atomic E-state index is 0.188. The molecule has 1 N–H and O–H groups in total. The highest BCUT2D eigenvalue weighted by atomic mass is 16.2. The lowest BCUT2D eigenvalue weighted by Gasteiger charge is -2.05. The molecule has 0 saturated heterocycles. The number of benzene rings is 2. The number of amides is 2. The molecule has 4 aromatic rings. The van der Waals surface area contributed by atoms with E-state index in [-0.39, 0.29) is 11.4 Å². The molecular weight excluding hydrogens is 314 g/mol. The third-order valence-electron chi connectivity index (χ3n) is 3.89. The number of imide groups is 1. The summed E-state index contributed by atoms with van der Waals surface area (Å²) in [5.41, 5.74) is 1.78. The summed E-state index contributed by atoms with van der Waals surface area (Å²) in [6, 6.07) is 21.8. The molecule has 2 aromatic heterocycles. The van der Waals surface area contributed by atoms with Crippen LogP contribution >= 0.6 is 0 Å². The number of nitrogens with one attached hydrogen (secondary N) is 1. The summed E-state index contributed by atoms with van der Waals surface area (Å²) in [7, 11) is 0. The normalized spacial score (nSPS) is 10.7. The van der Waals surface area contributed by atoms with Gasteiger partial charge in [0.05, 0.1) is 11.0 Å². The highest BCUT2D eigenvalue weighted by molar-refractivity contribution is 6.09. The summed E-state index contributed by atoms with van der Waals surface area (Å²) < 4.78 is 0. The minimum Gasteiger partial charge on any atom is -0.285 e. The first-order valence-electron chi connectivity index (χ1n) is 7.78. The Morgan fingerprint density at radius 2 is 1.04 bits per heavy atom. The lowest BCUT2D eigenvalue weighted by Crippen LogP contribution is -2.31. The summed E-state index contributed by atoms with van der Waals surface area (Å²) in [5, 5.41) is 4.20. The second-order valence-corrected chi connectivity index (χ2v) is 5.56. The fourth-order valence-corrected chi connectivity index (χ4v) is 2.62. The molecule has 0 aliphatic heterocycles. The van der Waals surface area contributed by atoms with Crippen molar-refractivity contribution >= 4 is 33.6 Å². The minimum atomic E-state index is -0.550. The van der Waals surface area contributed by atoms with Gasteiger partial charge in [0.1, 0.15) is 11.4 Å². The molecule has 2 heterocycles. The summed E-state index contributed by atoms with van der Waals surface area (Å²) in [6.07, 6.45) is 0. The van der Waals surface area contributed by atoms with Gasteiger partial charge in [-0.3, -0.25) is 14.9 Å². The summed E-state index contributed by atoms with van der Waals surface area (Å²) in [6.45, 7) is 0. The van der Waals surface area contributed by atoms with Gasteiger partial charge in [-0.2, -0.15) is 0 Å². The maximum Gasteiger partial charge on any atom is 0.276 e. The van der Waals surface area contributed by atoms with Crippen molar-refractivity contribution in [1.29, 1.82) is 0 Å². The van der Waals surface area contributed by atoms with E-state index in [0.717, 1.165) is 10.8 Å². The predicted octanol–water partition coefficient (Wildman–Crippen LogP) is 3.35. The topological polar surface area (TPSA) is 72.0 Å². The number of para-hydroxylation sites is 2. The average molecular weight is 327 g/mol. The highest BCUT2D eigenvalue weighted by Gasteiger charge is 2.15. The SMILES string of the molecule is O=C(NC(=O)c1ccc2ccccc2n1)c1ccc2ccccc2n1. The first-order valence-corrected chi connectivity index (χ1v) is 7.78. The van der Waals surface area contributed by atoms with Crippen LogP contribution in [0.15, 0.2) is 72.8 Å².